The van der Waals surface area contributed by atoms with Gasteiger partial charge in [-0.3, -0.25) is 0 Å². The molecule has 20 heavy (non-hydrogen) atoms. The average Bonchev–Trinajstić information content (AvgIpc) is 2.74. The Bertz CT molecular complexity index is 578. The number of rotatable bonds is 5. The van der Waals surface area contributed by atoms with Crippen molar-refractivity contribution in [1.82, 2.24) is 5.32 Å². The summed E-state index contributed by atoms with van der Waals surface area (Å²) in [6.07, 6.45) is 1.07. The fourth-order valence-corrected chi connectivity index (χ4v) is 3.93. The Morgan fingerprint density at radius 2 is 2.05 bits per heavy atom. The van der Waals surface area contributed by atoms with Gasteiger partial charge >= 0.3 is 0 Å². The second-order valence-electron chi connectivity index (χ2n) is 4.66. The van der Waals surface area contributed by atoms with Crippen LogP contribution in [0.2, 0.25) is 9.36 Å². The highest BCUT2D eigenvalue weighted by Crippen LogP contribution is 2.37. The first-order chi connectivity index (χ1) is 9.52. The van der Waals surface area contributed by atoms with Crippen LogP contribution in [0.4, 0.5) is 0 Å². The standard InChI is InChI=1S/C15H16BrCl2NS/c1-3-6-19-14(13-7-9(2)15(18)20-13)11-8-10(16)4-5-12(11)17/h4-5,7-8,14,19H,3,6H2,1-2H3. The second kappa shape index (κ2) is 7.28. The van der Waals surface area contributed by atoms with E-state index in [2.05, 4.69) is 40.3 Å². The smallest absolute Gasteiger partial charge is 0.0961 e. The molecule has 0 aliphatic carbocycles. The molecule has 108 valence electrons. The molecule has 5 heteroatoms. The van der Waals surface area contributed by atoms with E-state index in [1.54, 1.807) is 11.3 Å². The maximum absolute atomic E-state index is 6.38. The molecule has 1 aromatic carbocycles. The zero-order valence-corrected chi connectivity index (χ0v) is 15.3. The summed E-state index contributed by atoms with van der Waals surface area (Å²) >= 11 is 17.7. The van der Waals surface area contributed by atoms with Crippen LogP contribution < -0.4 is 5.32 Å². The third kappa shape index (κ3) is 3.77. The van der Waals surface area contributed by atoms with Crippen LogP contribution in [0.5, 0.6) is 0 Å². The van der Waals surface area contributed by atoms with Gasteiger partial charge in [0.2, 0.25) is 0 Å². The molecule has 1 nitrogen and oxygen atoms in total. The second-order valence-corrected chi connectivity index (χ2v) is 7.67. The predicted molar refractivity (Wildman–Crippen MR) is 93.4 cm³/mol. The van der Waals surface area contributed by atoms with Crippen LogP contribution in [0.15, 0.2) is 28.7 Å². The Morgan fingerprint density at radius 3 is 2.65 bits per heavy atom. The van der Waals surface area contributed by atoms with E-state index in [0.29, 0.717) is 0 Å². The fraction of sp³-hybridized carbons (Fsp3) is 0.333. The highest BCUT2D eigenvalue weighted by Gasteiger charge is 2.19. The van der Waals surface area contributed by atoms with Crippen molar-refractivity contribution < 1.29 is 0 Å². The maximum Gasteiger partial charge on any atom is 0.0961 e. The van der Waals surface area contributed by atoms with Crippen molar-refractivity contribution in [2.45, 2.75) is 26.3 Å². The molecule has 0 aliphatic rings. The lowest BCUT2D eigenvalue weighted by molar-refractivity contribution is 0.605. The predicted octanol–water partition coefficient (Wildman–Crippen LogP) is 6.21. The fourth-order valence-electron chi connectivity index (χ4n) is 2.01. The van der Waals surface area contributed by atoms with E-state index < -0.39 is 0 Å². The first-order valence-electron chi connectivity index (χ1n) is 6.47. The van der Waals surface area contributed by atoms with Crippen molar-refractivity contribution in [2.24, 2.45) is 0 Å². The Labute approximate surface area is 142 Å². The number of hydrogen-bond acceptors (Lipinski definition) is 2. The molecule has 0 amide bonds. The number of benzene rings is 1. The highest BCUT2D eigenvalue weighted by atomic mass is 79.9. The van der Waals surface area contributed by atoms with Crippen LogP contribution in [0.3, 0.4) is 0 Å². The zero-order chi connectivity index (χ0) is 14.7. The minimum Gasteiger partial charge on any atom is -0.306 e. The van der Waals surface area contributed by atoms with Gasteiger partial charge in [0.15, 0.2) is 0 Å². The van der Waals surface area contributed by atoms with Gasteiger partial charge in [0.1, 0.15) is 0 Å². The van der Waals surface area contributed by atoms with Gasteiger partial charge in [-0.25, -0.2) is 0 Å². The van der Waals surface area contributed by atoms with Crippen LogP contribution in [-0.4, -0.2) is 6.54 Å². The van der Waals surface area contributed by atoms with Crippen molar-refractivity contribution in [3.63, 3.8) is 0 Å². The van der Waals surface area contributed by atoms with E-state index in [-0.39, 0.29) is 6.04 Å². The molecule has 1 atom stereocenters. The Balaban J connectivity index is 2.43. The molecule has 1 heterocycles. The number of nitrogens with one attached hydrogen (secondary N) is 1. The first-order valence-corrected chi connectivity index (χ1v) is 8.83. The first kappa shape index (κ1) is 16.3. The Hall–Kier alpha value is -0.0600. The summed E-state index contributed by atoms with van der Waals surface area (Å²) in [4.78, 5) is 1.20. The van der Waals surface area contributed by atoms with Crippen LogP contribution >= 0.6 is 50.5 Å². The van der Waals surface area contributed by atoms with E-state index >= 15 is 0 Å². The van der Waals surface area contributed by atoms with Crippen molar-refractivity contribution >= 4 is 50.5 Å². The quantitative estimate of drug-likeness (QED) is 0.637. The molecule has 0 saturated carbocycles. The van der Waals surface area contributed by atoms with Gasteiger partial charge in [-0.1, -0.05) is 46.1 Å². The number of aryl methyl sites for hydroxylation is 1. The minimum absolute atomic E-state index is 0.0798. The van der Waals surface area contributed by atoms with Gasteiger partial charge in [-0.05, 0) is 55.3 Å². The Morgan fingerprint density at radius 1 is 1.30 bits per heavy atom. The lowest BCUT2D eigenvalue weighted by Gasteiger charge is -2.19. The van der Waals surface area contributed by atoms with Crippen molar-refractivity contribution in [1.29, 1.82) is 0 Å². The zero-order valence-electron chi connectivity index (χ0n) is 11.3. The summed E-state index contributed by atoms with van der Waals surface area (Å²) in [5, 5.41) is 4.32. The van der Waals surface area contributed by atoms with E-state index in [9.17, 15) is 0 Å². The minimum atomic E-state index is 0.0798. The van der Waals surface area contributed by atoms with Crippen molar-refractivity contribution in [2.75, 3.05) is 6.54 Å². The maximum atomic E-state index is 6.38. The topological polar surface area (TPSA) is 12.0 Å². The molecule has 0 bridgehead atoms. The van der Waals surface area contributed by atoms with Gasteiger partial charge < -0.3 is 5.32 Å². The monoisotopic (exact) mass is 391 g/mol. The molecule has 0 aliphatic heterocycles. The van der Waals surface area contributed by atoms with Gasteiger partial charge in [-0.2, -0.15) is 0 Å². The van der Waals surface area contributed by atoms with Crippen LogP contribution in [0.25, 0.3) is 0 Å². The van der Waals surface area contributed by atoms with Gasteiger partial charge in [-0.15, -0.1) is 11.3 Å². The molecule has 0 saturated heterocycles. The number of halogens is 3. The van der Waals surface area contributed by atoms with Crippen LogP contribution in [0.1, 0.15) is 35.4 Å². The Kier molecular flexibility index (Phi) is 5.94. The third-order valence-electron chi connectivity index (χ3n) is 3.03. The normalized spacial score (nSPS) is 12.7. The molecule has 1 N–H and O–H groups in total. The van der Waals surface area contributed by atoms with Gasteiger partial charge in [0.05, 0.1) is 10.4 Å². The molecule has 0 radical (unpaired) electrons. The largest absolute Gasteiger partial charge is 0.306 e. The summed E-state index contributed by atoms with van der Waals surface area (Å²) in [7, 11) is 0. The van der Waals surface area contributed by atoms with E-state index in [1.165, 1.54) is 4.88 Å². The van der Waals surface area contributed by atoms with Crippen LogP contribution in [0, 0.1) is 6.92 Å². The average molecular weight is 393 g/mol. The lowest BCUT2D eigenvalue weighted by atomic mass is 10.0. The van der Waals surface area contributed by atoms with Crippen molar-refractivity contribution in [3.05, 3.63) is 54.1 Å². The van der Waals surface area contributed by atoms with Crippen molar-refractivity contribution in [3.8, 4) is 0 Å². The van der Waals surface area contributed by atoms with E-state index in [0.717, 1.165) is 37.9 Å². The van der Waals surface area contributed by atoms with Gasteiger partial charge in [0, 0.05) is 14.4 Å². The summed E-state index contributed by atoms with van der Waals surface area (Å²) in [6.45, 7) is 5.11. The molecule has 2 aromatic rings. The summed E-state index contributed by atoms with van der Waals surface area (Å²) in [5.41, 5.74) is 2.19. The highest BCUT2D eigenvalue weighted by molar-refractivity contribution is 9.10. The lowest BCUT2D eigenvalue weighted by Crippen LogP contribution is -2.22. The summed E-state index contributed by atoms with van der Waals surface area (Å²) in [6, 6.07) is 8.16. The van der Waals surface area contributed by atoms with E-state index in [4.69, 9.17) is 23.2 Å². The molecule has 0 spiro atoms. The summed E-state index contributed by atoms with van der Waals surface area (Å²) < 4.78 is 1.87. The SMILES string of the molecule is CCCNC(c1cc(C)c(Cl)s1)c1cc(Br)ccc1Cl. The molecule has 2 rings (SSSR count). The molecule has 0 fully saturated rings. The number of thiophene rings is 1. The molecule has 1 aromatic heterocycles. The number of hydrogen-bond donors (Lipinski definition) is 1. The van der Waals surface area contributed by atoms with Gasteiger partial charge in [0.25, 0.3) is 0 Å². The molecular weight excluding hydrogens is 377 g/mol. The third-order valence-corrected chi connectivity index (χ3v) is 5.49. The van der Waals surface area contributed by atoms with Crippen LogP contribution in [-0.2, 0) is 0 Å². The summed E-state index contributed by atoms with van der Waals surface area (Å²) in [5.74, 6) is 0. The van der Waals surface area contributed by atoms with E-state index in [1.807, 2.05) is 19.1 Å². The molecule has 1 unspecified atom stereocenters. The molecular formula is C15H16BrCl2NS.